The third-order valence-corrected chi connectivity index (χ3v) is 5.43. The normalized spacial score (nSPS) is 15.7. The van der Waals surface area contributed by atoms with Gasteiger partial charge in [-0.3, -0.25) is 0 Å². The summed E-state index contributed by atoms with van der Waals surface area (Å²) in [5.41, 5.74) is 1.99. The van der Waals surface area contributed by atoms with Gasteiger partial charge in [-0.1, -0.05) is 20.3 Å². The number of amides is 1. The number of fused-ring (bicyclic) bond motifs is 3. The Morgan fingerprint density at radius 2 is 1.83 bits per heavy atom. The van der Waals surface area contributed by atoms with Crippen molar-refractivity contribution in [1.82, 2.24) is 4.90 Å². The Hall–Kier alpha value is -3.09. The van der Waals surface area contributed by atoms with Gasteiger partial charge in [0.15, 0.2) is 0 Å². The van der Waals surface area contributed by atoms with Gasteiger partial charge in [0.25, 0.3) is 0 Å². The van der Waals surface area contributed by atoms with E-state index in [9.17, 15) is 4.79 Å². The molecule has 1 unspecified atom stereocenters. The first-order valence-corrected chi connectivity index (χ1v) is 10.4. The van der Waals surface area contributed by atoms with Gasteiger partial charge in [-0.25, -0.2) is 4.79 Å². The van der Waals surface area contributed by atoms with Crippen LogP contribution in [0.15, 0.2) is 42.5 Å². The lowest BCUT2D eigenvalue weighted by molar-refractivity contribution is 0.142. The molecule has 5 rings (SSSR count). The molecule has 7 nitrogen and oxygen atoms in total. The molecule has 0 saturated carbocycles. The molecular weight excluding hydrogens is 384 g/mol. The van der Waals surface area contributed by atoms with E-state index in [1.54, 1.807) is 6.07 Å². The average molecular weight is 415 g/mol. The molecule has 1 atom stereocenters. The van der Waals surface area contributed by atoms with Gasteiger partial charge in [0, 0.05) is 43.5 Å². The Morgan fingerprint density at radius 3 is 2.27 bits per heavy atom. The number of phenols is 1. The molecule has 2 aromatic carbocycles. The number of hydrogen-bond acceptors (Lipinski definition) is 5. The first-order valence-electron chi connectivity index (χ1n) is 10.4. The molecule has 2 N–H and O–H groups in total. The van der Waals surface area contributed by atoms with E-state index in [1.165, 1.54) is 4.90 Å². The molecule has 0 aliphatic carbocycles. The van der Waals surface area contributed by atoms with Gasteiger partial charge in [-0.05, 0) is 42.3 Å². The summed E-state index contributed by atoms with van der Waals surface area (Å²) < 4.78 is 10.8. The number of piperazine rings is 1. The summed E-state index contributed by atoms with van der Waals surface area (Å²) in [5, 5.41) is 18.0. The van der Waals surface area contributed by atoms with Crippen molar-refractivity contribution in [2.75, 3.05) is 37.7 Å². The van der Waals surface area contributed by atoms with Crippen molar-refractivity contribution in [1.29, 1.82) is 0 Å². The number of carbonyl (C=O) groups is 1. The Kier molecular flexibility index (Phi) is 7.27. The molecule has 30 heavy (non-hydrogen) atoms. The van der Waals surface area contributed by atoms with E-state index in [0.29, 0.717) is 31.4 Å². The highest BCUT2D eigenvalue weighted by molar-refractivity contribution is 5.65. The molecule has 2 aromatic rings. The van der Waals surface area contributed by atoms with Crippen LogP contribution in [0.5, 0.6) is 17.2 Å². The zero-order valence-electron chi connectivity index (χ0n) is 17.6. The van der Waals surface area contributed by atoms with Crippen molar-refractivity contribution in [2.24, 2.45) is 5.92 Å². The quantitative estimate of drug-likeness (QED) is 0.763. The summed E-state index contributed by atoms with van der Waals surface area (Å²) in [7, 11) is 0. The lowest BCUT2D eigenvalue weighted by atomic mass is 10.1. The van der Waals surface area contributed by atoms with Crippen LogP contribution in [0.1, 0.15) is 25.8 Å². The van der Waals surface area contributed by atoms with Crippen LogP contribution in [-0.4, -0.2) is 54.0 Å². The van der Waals surface area contributed by atoms with Crippen LogP contribution < -0.4 is 14.4 Å². The molecule has 7 heteroatoms. The second-order valence-electron chi connectivity index (χ2n) is 7.65. The summed E-state index contributed by atoms with van der Waals surface area (Å²) >= 11 is 0. The minimum Gasteiger partial charge on any atom is -0.507 e. The highest BCUT2D eigenvalue weighted by Gasteiger charge is 2.20. The van der Waals surface area contributed by atoms with E-state index in [2.05, 4.69) is 18.7 Å². The molecule has 3 aliphatic heterocycles. The molecule has 1 amide bonds. The predicted octanol–water partition coefficient (Wildman–Crippen LogP) is 4.20. The number of aromatic hydroxyl groups is 1. The highest BCUT2D eigenvalue weighted by atomic mass is 16.5. The molecule has 2 bridgehead atoms. The van der Waals surface area contributed by atoms with E-state index in [-0.39, 0.29) is 0 Å². The van der Waals surface area contributed by atoms with Gasteiger partial charge in [-0.15, -0.1) is 0 Å². The van der Waals surface area contributed by atoms with Gasteiger partial charge in [0.1, 0.15) is 23.9 Å². The van der Waals surface area contributed by atoms with Crippen molar-refractivity contribution in [3.8, 4) is 17.2 Å². The number of nitrogens with zero attached hydrogens (tertiary/aromatic N) is 2. The third-order valence-electron chi connectivity index (χ3n) is 5.43. The summed E-state index contributed by atoms with van der Waals surface area (Å²) in [6.45, 7) is 8.19. The van der Waals surface area contributed by atoms with Crippen LogP contribution in [0.4, 0.5) is 10.5 Å². The van der Waals surface area contributed by atoms with E-state index in [1.807, 2.05) is 36.4 Å². The monoisotopic (exact) mass is 414 g/mol. The first kappa shape index (κ1) is 21.6. The van der Waals surface area contributed by atoms with Gasteiger partial charge in [0.2, 0.25) is 0 Å². The fourth-order valence-corrected chi connectivity index (χ4v) is 3.18. The Morgan fingerprint density at radius 1 is 1.13 bits per heavy atom. The summed E-state index contributed by atoms with van der Waals surface area (Å²) in [6, 6.07) is 13.4. The van der Waals surface area contributed by atoms with Crippen LogP contribution in [-0.2, 0) is 6.61 Å². The van der Waals surface area contributed by atoms with E-state index in [4.69, 9.17) is 19.7 Å². The van der Waals surface area contributed by atoms with Crippen molar-refractivity contribution in [3.05, 3.63) is 48.0 Å². The lowest BCUT2D eigenvalue weighted by Crippen LogP contribution is -2.48. The zero-order valence-corrected chi connectivity index (χ0v) is 17.6. The Labute approximate surface area is 177 Å². The van der Waals surface area contributed by atoms with Crippen molar-refractivity contribution in [2.45, 2.75) is 26.9 Å². The summed E-state index contributed by atoms with van der Waals surface area (Å²) in [4.78, 5) is 14.5. The first-order chi connectivity index (χ1) is 14.5. The van der Waals surface area contributed by atoms with Crippen molar-refractivity contribution < 1.29 is 24.5 Å². The molecule has 1 fully saturated rings. The van der Waals surface area contributed by atoms with Crippen LogP contribution in [0.2, 0.25) is 0 Å². The maximum atomic E-state index is 10.9. The number of hydrogen-bond donors (Lipinski definition) is 2. The predicted molar refractivity (Wildman–Crippen MR) is 116 cm³/mol. The van der Waals surface area contributed by atoms with Crippen molar-refractivity contribution in [3.63, 3.8) is 0 Å². The SMILES string of the molecule is CCC(C)COc1ccc(N2CCN(C(=O)O)CC2)cc1.Oc1cc2ccc1CO2. The van der Waals surface area contributed by atoms with Crippen LogP contribution in [0.25, 0.3) is 0 Å². The molecule has 162 valence electrons. The smallest absolute Gasteiger partial charge is 0.407 e. The maximum absolute atomic E-state index is 10.9. The van der Waals surface area contributed by atoms with Gasteiger partial charge < -0.3 is 29.5 Å². The minimum absolute atomic E-state index is 0.346. The largest absolute Gasteiger partial charge is 0.507 e. The van der Waals surface area contributed by atoms with Gasteiger partial charge in [0.05, 0.1) is 6.61 Å². The van der Waals surface area contributed by atoms with Crippen molar-refractivity contribution >= 4 is 11.8 Å². The van der Waals surface area contributed by atoms with Gasteiger partial charge >= 0.3 is 6.09 Å². The maximum Gasteiger partial charge on any atom is 0.407 e. The number of benzene rings is 2. The van der Waals surface area contributed by atoms with Crippen LogP contribution >= 0.6 is 0 Å². The Balaban J connectivity index is 0.000000234. The standard InChI is InChI=1S/C16H24N2O3.C7H6O2/c1-3-13(2)12-21-15-6-4-14(5-7-15)17-8-10-18(11-9-17)16(19)20;8-7-3-6-2-1-5(7)4-9-6/h4-7,13H,3,8-12H2,1-2H3,(H,19,20);1-3,8H,4H2. The van der Waals surface area contributed by atoms with Crippen LogP contribution in [0, 0.1) is 5.92 Å². The second-order valence-corrected chi connectivity index (χ2v) is 7.65. The highest BCUT2D eigenvalue weighted by Crippen LogP contribution is 2.29. The average Bonchev–Trinajstić information content (AvgIpc) is 2.79. The summed E-state index contributed by atoms with van der Waals surface area (Å²) in [5.74, 6) is 2.55. The number of rotatable bonds is 5. The fraction of sp³-hybridized carbons (Fsp3) is 0.435. The molecule has 0 spiro atoms. The molecular formula is C23H30N2O5. The number of ether oxygens (including phenoxy) is 2. The summed E-state index contributed by atoms with van der Waals surface area (Å²) in [6.07, 6.45) is 0.287. The number of anilines is 1. The topological polar surface area (TPSA) is 82.5 Å². The van der Waals surface area contributed by atoms with Crippen LogP contribution in [0.3, 0.4) is 0 Å². The minimum atomic E-state index is -0.830. The number of carboxylic acid groups (broad SMARTS) is 1. The molecule has 1 saturated heterocycles. The Bertz CT molecular complexity index is 832. The molecule has 3 heterocycles. The molecule has 3 aliphatic rings. The number of phenolic OH excluding ortho intramolecular Hbond substituents is 1. The van der Waals surface area contributed by atoms with E-state index in [0.717, 1.165) is 48.9 Å². The van der Waals surface area contributed by atoms with Gasteiger partial charge in [-0.2, -0.15) is 0 Å². The molecule has 0 radical (unpaired) electrons. The van der Waals surface area contributed by atoms with E-state index < -0.39 is 6.09 Å². The van der Waals surface area contributed by atoms with E-state index >= 15 is 0 Å². The third kappa shape index (κ3) is 5.72. The fourth-order valence-electron chi connectivity index (χ4n) is 3.18. The lowest BCUT2D eigenvalue weighted by Gasteiger charge is -2.34. The molecule has 0 aromatic heterocycles. The zero-order chi connectivity index (χ0) is 21.5. The second kappa shape index (κ2) is 10.1.